The van der Waals surface area contributed by atoms with Gasteiger partial charge in [0.25, 0.3) is 10.1 Å². The minimum Gasteiger partial charge on any atom is -0.282 e. The minimum absolute atomic E-state index is 0.0996. The molecule has 1 N–H and O–H groups in total. The number of hydrogen-bond donors (Lipinski definition) is 1. The highest BCUT2D eigenvalue weighted by Crippen LogP contribution is 2.27. The Bertz CT molecular complexity index is 546. The molecule has 15 heavy (non-hydrogen) atoms. The third-order valence-corrected chi connectivity index (χ3v) is 3.55. The molecule has 1 aliphatic rings. The molecular formula is C9H7NO3S2. The first-order valence-corrected chi connectivity index (χ1v) is 6.36. The van der Waals surface area contributed by atoms with E-state index in [0.29, 0.717) is 0 Å². The third kappa shape index (κ3) is 2.28. The summed E-state index contributed by atoms with van der Waals surface area (Å²) in [6, 6.07) is 4.39. The van der Waals surface area contributed by atoms with Gasteiger partial charge in [-0.1, -0.05) is 17.8 Å². The van der Waals surface area contributed by atoms with Gasteiger partial charge in [-0.25, -0.2) is 0 Å². The van der Waals surface area contributed by atoms with Gasteiger partial charge in [-0.3, -0.25) is 9.55 Å². The van der Waals surface area contributed by atoms with Crippen molar-refractivity contribution >= 4 is 28.1 Å². The Morgan fingerprint density at radius 3 is 2.87 bits per heavy atom. The van der Waals surface area contributed by atoms with Crippen LogP contribution in [0.3, 0.4) is 0 Å². The Morgan fingerprint density at radius 2 is 2.13 bits per heavy atom. The number of thioether (sulfide) groups is 1. The van der Waals surface area contributed by atoms with Crippen molar-refractivity contribution in [3.8, 4) is 0 Å². The zero-order valence-corrected chi connectivity index (χ0v) is 9.12. The lowest BCUT2D eigenvalue weighted by Gasteiger charge is -2.03. The van der Waals surface area contributed by atoms with Gasteiger partial charge in [0.1, 0.15) is 0 Å². The maximum Gasteiger partial charge on any atom is 0.294 e. The first kappa shape index (κ1) is 10.4. The fourth-order valence-electron chi connectivity index (χ4n) is 1.15. The summed E-state index contributed by atoms with van der Waals surface area (Å²) in [4.78, 5) is 4.62. The van der Waals surface area contributed by atoms with Gasteiger partial charge >= 0.3 is 0 Å². The molecule has 0 unspecified atom stereocenters. The van der Waals surface area contributed by atoms with Crippen molar-refractivity contribution in [3.63, 3.8) is 0 Å². The molecule has 0 aromatic heterocycles. The van der Waals surface area contributed by atoms with Gasteiger partial charge in [-0.15, -0.1) is 0 Å². The highest BCUT2D eigenvalue weighted by molar-refractivity contribution is 8.02. The summed E-state index contributed by atoms with van der Waals surface area (Å²) < 4.78 is 30.7. The summed E-state index contributed by atoms with van der Waals surface area (Å²) in [6.45, 7) is 0. The van der Waals surface area contributed by atoms with Gasteiger partial charge in [-0.2, -0.15) is 8.42 Å². The molecule has 1 heterocycles. The van der Waals surface area contributed by atoms with Crippen molar-refractivity contribution in [3.05, 3.63) is 35.4 Å². The van der Waals surface area contributed by atoms with Gasteiger partial charge in [0.05, 0.1) is 4.90 Å². The van der Waals surface area contributed by atoms with E-state index < -0.39 is 10.1 Å². The zero-order valence-electron chi connectivity index (χ0n) is 7.49. The number of benzene rings is 1. The van der Waals surface area contributed by atoms with Gasteiger partial charge < -0.3 is 0 Å². The van der Waals surface area contributed by atoms with Crippen LogP contribution in [0.25, 0.3) is 0 Å². The average Bonchev–Trinajstić information content (AvgIpc) is 2.39. The third-order valence-electron chi connectivity index (χ3n) is 1.84. The first-order chi connectivity index (χ1) is 7.07. The molecule has 78 valence electrons. The van der Waals surface area contributed by atoms with Crippen molar-refractivity contribution < 1.29 is 13.0 Å². The quantitative estimate of drug-likeness (QED) is 0.763. The lowest BCUT2D eigenvalue weighted by Crippen LogP contribution is -1.99. The standard InChI is InChI=1S/C9H7NO3S2/c11-15(12,13)8-2-1-7-6-10-3-4-14-9(7)5-8/h1-6H,(H,11,12,13). The number of hydrogen-bond acceptors (Lipinski definition) is 4. The average molecular weight is 241 g/mol. The molecule has 2 rings (SSSR count). The van der Waals surface area contributed by atoms with Crippen molar-refractivity contribution in [2.24, 2.45) is 4.99 Å². The summed E-state index contributed by atoms with van der Waals surface area (Å²) >= 11 is 1.36. The molecule has 0 aliphatic carbocycles. The first-order valence-electron chi connectivity index (χ1n) is 4.04. The number of rotatable bonds is 1. The molecule has 0 bridgehead atoms. The second-order valence-electron chi connectivity index (χ2n) is 2.86. The van der Waals surface area contributed by atoms with Crippen LogP contribution in [-0.4, -0.2) is 19.2 Å². The van der Waals surface area contributed by atoms with Gasteiger partial charge in [0.2, 0.25) is 0 Å². The molecule has 0 atom stereocenters. The van der Waals surface area contributed by atoms with E-state index in [1.165, 1.54) is 23.9 Å². The van der Waals surface area contributed by atoms with Crippen molar-refractivity contribution in [1.82, 2.24) is 0 Å². The largest absolute Gasteiger partial charge is 0.294 e. The summed E-state index contributed by atoms with van der Waals surface area (Å²) in [7, 11) is -4.13. The highest BCUT2D eigenvalue weighted by atomic mass is 32.2. The molecule has 1 aliphatic heterocycles. The number of fused-ring (bicyclic) bond motifs is 1. The van der Waals surface area contributed by atoms with Crippen molar-refractivity contribution in [2.45, 2.75) is 9.79 Å². The molecule has 0 saturated heterocycles. The molecular weight excluding hydrogens is 234 g/mol. The molecule has 1 aromatic rings. The van der Waals surface area contributed by atoms with E-state index in [-0.39, 0.29) is 4.90 Å². The van der Waals surface area contributed by atoms with E-state index in [0.717, 1.165) is 10.5 Å². The van der Waals surface area contributed by atoms with E-state index >= 15 is 0 Å². The lowest BCUT2D eigenvalue weighted by atomic mass is 10.2. The lowest BCUT2D eigenvalue weighted by molar-refractivity contribution is 0.483. The van der Waals surface area contributed by atoms with E-state index in [1.807, 2.05) is 0 Å². The van der Waals surface area contributed by atoms with E-state index in [9.17, 15) is 8.42 Å². The van der Waals surface area contributed by atoms with Crippen molar-refractivity contribution in [2.75, 3.05) is 0 Å². The van der Waals surface area contributed by atoms with Crippen LogP contribution < -0.4 is 0 Å². The van der Waals surface area contributed by atoms with Gasteiger partial charge in [0.15, 0.2) is 0 Å². The SMILES string of the molecule is O=S(=O)(O)c1ccc2c(c1)SC=CN=C2. The molecule has 4 nitrogen and oxygen atoms in total. The maximum absolute atomic E-state index is 10.9. The Labute approximate surface area is 91.5 Å². The van der Waals surface area contributed by atoms with Crippen LogP contribution in [0, 0.1) is 0 Å². The highest BCUT2D eigenvalue weighted by Gasteiger charge is 2.12. The zero-order chi connectivity index (χ0) is 10.9. The number of aliphatic imine (C=N–C) groups is 1. The molecule has 0 spiro atoms. The van der Waals surface area contributed by atoms with Crippen LogP contribution in [0.2, 0.25) is 0 Å². The monoisotopic (exact) mass is 241 g/mol. The van der Waals surface area contributed by atoms with Crippen LogP contribution in [0.1, 0.15) is 5.56 Å². The van der Waals surface area contributed by atoms with Crippen LogP contribution in [-0.2, 0) is 10.1 Å². The molecule has 0 saturated carbocycles. The van der Waals surface area contributed by atoms with E-state index in [2.05, 4.69) is 4.99 Å². The summed E-state index contributed by atoms with van der Waals surface area (Å²) in [6.07, 6.45) is 3.26. The molecule has 6 heteroatoms. The van der Waals surface area contributed by atoms with E-state index in [4.69, 9.17) is 4.55 Å². The van der Waals surface area contributed by atoms with Crippen LogP contribution >= 0.6 is 11.8 Å². The maximum atomic E-state index is 10.9. The Balaban J connectivity index is 2.56. The second-order valence-corrected chi connectivity index (χ2v) is 5.23. The normalized spacial score (nSPS) is 14.7. The molecule has 0 radical (unpaired) electrons. The van der Waals surface area contributed by atoms with Gasteiger partial charge in [0, 0.05) is 22.9 Å². The minimum atomic E-state index is -4.13. The van der Waals surface area contributed by atoms with Crippen LogP contribution in [0.15, 0.2) is 44.6 Å². The predicted octanol–water partition coefficient (Wildman–Crippen LogP) is 1.93. The fraction of sp³-hybridized carbons (Fsp3) is 0. The number of nitrogens with zero attached hydrogens (tertiary/aromatic N) is 1. The van der Waals surface area contributed by atoms with Gasteiger partial charge in [-0.05, 0) is 17.5 Å². The molecule has 0 fully saturated rings. The predicted molar refractivity (Wildman–Crippen MR) is 58.8 cm³/mol. The Kier molecular flexibility index (Phi) is 2.64. The van der Waals surface area contributed by atoms with Crippen LogP contribution in [0.4, 0.5) is 0 Å². The van der Waals surface area contributed by atoms with E-state index in [1.54, 1.807) is 23.9 Å². The summed E-state index contributed by atoms with van der Waals surface area (Å²) in [5.41, 5.74) is 0.831. The summed E-state index contributed by atoms with van der Waals surface area (Å²) in [5, 5.41) is 1.75. The van der Waals surface area contributed by atoms with Crippen LogP contribution in [0.5, 0.6) is 0 Å². The molecule has 0 amide bonds. The Hall–Kier alpha value is -1.11. The topological polar surface area (TPSA) is 66.7 Å². The Morgan fingerprint density at radius 1 is 1.33 bits per heavy atom. The smallest absolute Gasteiger partial charge is 0.282 e. The second kappa shape index (κ2) is 3.80. The van der Waals surface area contributed by atoms with Crippen molar-refractivity contribution in [1.29, 1.82) is 0 Å². The summed E-state index contributed by atoms with van der Waals surface area (Å²) in [5.74, 6) is 0. The fourth-order valence-corrected chi connectivity index (χ4v) is 2.46. The molecule has 1 aromatic carbocycles.